The van der Waals surface area contributed by atoms with Crippen LogP contribution in [-0.2, 0) is 19.9 Å². The van der Waals surface area contributed by atoms with Crippen molar-refractivity contribution in [3.05, 3.63) is 28.8 Å². The minimum absolute atomic E-state index is 0.326. The number of nitrogens with one attached hydrogen (secondary N) is 1. The molecular formula is C23H26ClNO4. The lowest BCUT2D eigenvalue weighted by Gasteiger charge is -2.35. The van der Waals surface area contributed by atoms with Crippen molar-refractivity contribution < 1.29 is 19.4 Å². The van der Waals surface area contributed by atoms with E-state index in [4.69, 9.17) is 16.3 Å². The van der Waals surface area contributed by atoms with Crippen LogP contribution in [0.15, 0.2) is 18.2 Å². The summed E-state index contributed by atoms with van der Waals surface area (Å²) in [5.41, 5.74) is -3.21. The maximum atomic E-state index is 13.4. The van der Waals surface area contributed by atoms with Crippen LogP contribution in [0.25, 0.3) is 0 Å². The standard InChI is InChI=1S/C23H26ClNO4/c1-20(2)21(3)11-12-23(20,29-19(21)27)18(26)25-17-8-7-15(24)13-16(17)22(4,28)10-9-14-5-6-14/h7-8,13-14,28H,5-6,11-12H2,1-4H3,(H,25,26)/t21?,22-,23?/m0/s1. The van der Waals surface area contributed by atoms with Gasteiger partial charge >= 0.3 is 5.97 Å². The Kier molecular flexibility index (Phi) is 4.35. The maximum Gasteiger partial charge on any atom is 0.313 e. The Balaban J connectivity index is 1.68. The quantitative estimate of drug-likeness (QED) is 0.577. The molecular weight excluding hydrogens is 390 g/mol. The molecule has 1 aliphatic heterocycles. The number of anilines is 1. The van der Waals surface area contributed by atoms with Gasteiger partial charge < -0.3 is 15.2 Å². The molecule has 1 aromatic carbocycles. The number of carbonyl (C=O) groups is 2. The molecule has 2 unspecified atom stereocenters. The van der Waals surface area contributed by atoms with Crippen molar-refractivity contribution in [3.8, 4) is 11.8 Å². The molecule has 1 heterocycles. The van der Waals surface area contributed by atoms with E-state index in [-0.39, 0.29) is 11.9 Å². The second-order valence-electron chi connectivity index (χ2n) is 9.43. The Bertz CT molecular complexity index is 969. The predicted octanol–water partition coefficient (Wildman–Crippen LogP) is 4.02. The number of benzene rings is 1. The van der Waals surface area contributed by atoms with Crippen LogP contribution in [0.4, 0.5) is 5.69 Å². The number of aliphatic hydroxyl groups is 1. The van der Waals surface area contributed by atoms with Gasteiger partial charge in [0.25, 0.3) is 5.91 Å². The van der Waals surface area contributed by atoms with Gasteiger partial charge in [0.2, 0.25) is 0 Å². The highest BCUT2D eigenvalue weighted by Gasteiger charge is 2.75. The summed E-state index contributed by atoms with van der Waals surface area (Å²) in [7, 11) is 0. The van der Waals surface area contributed by atoms with Gasteiger partial charge in [0, 0.05) is 27.6 Å². The number of halogens is 1. The Morgan fingerprint density at radius 3 is 2.55 bits per heavy atom. The summed E-state index contributed by atoms with van der Waals surface area (Å²) < 4.78 is 5.67. The minimum Gasteiger partial charge on any atom is -0.448 e. The second kappa shape index (κ2) is 6.23. The zero-order valence-electron chi connectivity index (χ0n) is 17.2. The molecule has 5 nitrogen and oxygen atoms in total. The van der Waals surface area contributed by atoms with E-state index in [1.54, 1.807) is 25.1 Å². The van der Waals surface area contributed by atoms with Gasteiger partial charge in [0.15, 0.2) is 5.60 Å². The van der Waals surface area contributed by atoms with Crippen LogP contribution in [0.5, 0.6) is 0 Å². The Labute approximate surface area is 176 Å². The second-order valence-corrected chi connectivity index (χ2v) is 9.87. The Hall–Kier alpha value is -2.03. The van der Waals surface area contributed by atoms with E-state index < -0.39 is 22.0 Å². The number of esters is 1. The molecule has 29 heavy (non-hydrogen) atoms. The SMILES string of the molecule is CC12CCC(C(=O)Nc3ccc(Cl)cc3[C@@](C)(O)C#CC3CC3)(OC1=O)C2(C)C. The van der Waals surface area contributed by atoms with E-state index in [1.165, 1.54) is 0 Å². The van der Waals surface area contributed by atoms with E-state index in [1.807, 2.05) is 20.8 Å². The van der Waals surface area contributed by atoms with Gasteiger partial charge in [-0.15, -0.1) is 0 Å². The van der Waals surface area contributed by atoms with Crippen molar-refractivity contribution in [1.29, 1.82) is 0 Å². The summed E-state index contributed by atoms with van der Waals surface area (Å²) in [6, 6.07) is 4.91. The number of hydrogen-bond acceptors (Lipinski definition) is 4. The number of carbonyl (C=O) groups excluding carboxylic acids is 2. The third-order valence-electron chi connectivity index (χ3n) is 7.30. The molecule has 3 atom stereocenters. The van der Waals surface area contributed by atoms with Gasteiger partial charge in [-0.2, -0.15) is 0 Å². The van der Waals surface area contributed by atoms with Crippen LogP contribution >= 0.6 is 11.6 Å². The van der Waals surface area contributed by atoms with E-state index in [0.717, 1.165) is 12.8 Å². The minimum atomic E-state index is -1.47. The summed E-state index contributed by atoms with van der Waals surface area (Å²) in [6.45, 7) is 7.27. The first-order valence-corrected chi connectivity index (χ1v) is 10.4. The van der Waals surface area contributed by atoms with E-state index in [9.17, 15) is 14.7 Å². The van der Waals surface area contributed by atoms with Crippen LogP contribution in [0.2, 0.25) is 5.02 Å². The summed E-state index contributed by atoms with van der Waals surface area (Å²) >= 11 is 6.16. The third kappa shape index (κ3) is 2.88. The maximum absolute atomic E-state index is 13.4. The summed E-state index contributed by atoms with van der Waals surface area (Å²) in [5.74, 6) is 5.61. The molecule has 2 bridgehead atoms. The fourth-order valence-corrected chi connectivity index (χ4v) is 4.71. The number of fused-ring (bicyclic) bond motifs is 2. The van der Waals surface area contributed by atoms with E-state index >= 15 is 0 Å². The molecule has 3 fully saturated rings. The lowest BCUT2D eigenvalue weighted by molar-refractivity contribution is -0.165. The average molecular weight is 416 g/mol. The molecule has 1 amide bonds. The van der Waals surface area contributed by atoms with Crippen molar-refractivity contribution in [3.63, 3.8) is 0 Å². The number of ether oxygens (including phenoxy) is 1. The largest absolute Gasteiger partial charge is 0.448 e. The lowest BCUT2D eigenvalue weighted by Crippen LogP contribution is -2.51. The van der Waals surface area contributed by atoms with Gasteiger partial charge in [-0.3, -0.25) is 9.59 Å². The van der Waals surface area contributed by atoms with Gasteiger partial charge in [0.05, 0.1) is 5.41 Å². The van der Waals surface area contributed by atoms with Gasteiger partial charge in [0.1, 0.15) is 5.60 Å². The Morgan fingerprint density at radius 1 is 1.31 bits per heavy atom. The molecule has 2 aliphatic carbocycles. The van der Waals surface area contributed by atoms with Crippen molar-refractivity contribution >= 4 is 29.2 Å². The monoisotopic (exact) mass is 415 g/mol. The van der Waals surface area contributed by atoms with Crippen LogP contribution < -0.4 is 5.32 Å². The van der Waals surface area contributed by atoms with Crippen LogP contribution in [0, 0.1) is 28.6 Å². The highest BCUT2D eigenvalue weighted by molar-refractivity contribution is 6.30. The zero-order valence-corrected chi connectivity index (χ0v) is 17.9. The number of rotatable bonds is 3. The van der Waals surface area contributed by atoms with Crippen LogP contribution in [-0.4, -0.2) is 22.6 Å². The highest BCUT2D eigenvalue weighted by atomic mass is 35.5. The molecule has 4 rings (SSSR count). The predicted molar refractivity (Wildman–Crippen MR) is 110 cm³/mol. The van der Waals surface area contributed by atoms with Crippen molar-refractivity contribution in [2.45, 2.75) is 64.6 Å². The third-order valence-corrected chi connectivity index (χ3v) is 7.54. The molecule has 0 radical (unpaired) electrons. The van der Waals surface area contributed by atoms with Crippen molar-refractivity contribution in [2.24, 2.45) is 16.7 Å². The summed E-state index contributed by atoms with van der Waals surface area (Å²) in [5, 5.41) is 14.3. The molecule has 2 N–H and O–H groups in total. The molecule has 6 heteroatoms. The molecule has 1 saturated heterocycles. The fraction of sp³-hybridized carbons (Fsp3) is 0.565. The van der Waals surface area contributed by atoms with Crippen molar-refractivity contribution in [1.82, 2.24) is 0 Å². The van der Waals surface area contributed by atoms with Crippen LogP contribution in [0.1, 0.15) is 58.9 Å². The zero-order chi connectivity index (χ0) is 21.2. The fourth-order valence-electron chi connectivity index (χ4n) is 4.54. The first-order valence-electron chi connectivity index (χ1n) is 10.0. The lowest BCUT2D eigenvalue weighted by atomic mass is 9.66. The normalized spacial score (nSPS) is 31.4. The average Bonchev–Trinajstić information content (AvgIpc) is 3.43. The van der Waals surface area contributed by atoms with Crippen molar-refractivity contribution in [2.75, 3.05) is 5.32 Å². The van der Waals surface area contributed by atoms with Gasteiger partial charge in [-0.05, 0) is 57.7 Å². The molecule has 3 aliphatic rings. The first-order chi connectivity index (χ1) is 13.4. The van der Waals surface area contributed by atoms with Gasteiger partial charge in [-0.25, -0.2) is 0 Å². The summed E-state index contributed by atoms with van der Waals surface area (Å²) in [4.78, 5) is 25.9. The van der Waals surface area contributed by atoms with Crippen LogP contribution in [0.3, 0.4) is 0 Å². The molecule has 1 aromatic rings. The molecule has 0 aromatic heterocycles. The molecule has 0 spiro atoms. The highest BCUT2D eigenvalue weighted by Crippen LogP contribution is 2.65. The topological polar surface area (TPSA) is 75.6 Å². The summed E-state index contributed by atoms with van der Waals surface area (Å²) in [6.07, 6.45) is 3.16. The first kappa shape index (κ1) is 20.3. The number of amides is 1. The van der Waals surface area contributed by atoms with E-state index in [2.05, 4.69) is 17.2 Å². The molecule has 2 saturated carbocycles. The van der Waals surface area contributed by atoms with Gasteiger partial charge in [-0.1, -0.05) is 37.3 Å². The Morgan fingerprint density at radius 2 is 2.00 bits per heavy atom. The number of hydrogen-bond donors (Lipinski definition) is 2. The molecule has 154 valence electrons. The smallest absolute Gasteiger partial charge is 0.313 e. The van der Waals surface area contributed by atoms with E-state index in [0.29, 0.717) is 35.0 Å².